The number of rotatable bonds is 4. The molecule has 2 aliphatic heterocycles. The van der Waals surface area contributed by atoms with Crippen LogP contribution in [0.1, 0.15) is 55.0 Å². The zero-order valence-corrected chi connectivity index (χ0v) is 31.2. The third-order valence-corrected chi connectivity index (χ3v) is 10.8. The van der Waals surface area contributed by atoms with E-state index in [1.54, 1.807) is 22.1 Å². The monoisotopic (exact) mass is 798 g/mol. The Hall–Kier alpha value is -4.72. The van der Waals surface area contributed by atoms with Gasteiger partial charge in [-0.25, -0.2) is 22.8 Å². The van der Waals surface area contributed by atoms with E-state index in [0.29, 0.717) is 56.6 Å². The molecule has 10 nitrogen and oxygen atoms in total. The van der Waals surface area contributed by atoms with Crippen molar-refractivity contribution in [1.29, 1.82) is 0 Å². The smallest absolute Gasteiger partial charge is 0.317 e. The molecule has 0 saturated heterocycles. The molecule has 5 aromatic rings. The highest BCUT2D eigenvalue weighted by atomic mass is 35.5. The minimum Gasteiger partial charge on any atom is -0.317 e. The Bertz CT molecular complexity index is 2190. The van der Waals surface area contributed by atoms with Gasteiger partial charge in [-0.05, 0) is 78.4 Å². The predicted molar refractivity (Wildman–Crippen MR) is 202 cm³/mol. The molecule has 0 atom stereocenters. The second-order valence-electron chi connectivity index (χ2n) is 13.4. The summed E-state index contributed by atoms with van der Waals surface area (Å²) in [6, 6.07) is 12.1. The molecule has 1 fully saturated rings. The number of hydrogen-bond acceptors (Lipinski definition) is 4. The first kappa shape index (κ1) is 37.6. The molecular formula is C38H36Cl3F3N8O2. The van der Waals surface area contributed by atoms with Crippen LogP contribution in [0.2, 0.25) is 15.1 Å². The van der Waals surface area contributed by atoms with Crippen LogP contribution in [0.25, 0.3) is 11.1 Å². The second kappa shape index (κ2) is 16.3. The first-order chi connectivity index (χ1) is 26.0. The fraction of sp³-hybridized carbons (Fsp3) is 0.316. The predicted octanol–water partition coefficient (Wildman–Crippen LogP) is 9.95. The number of hydrogen-bond donors (Lipinski definition) is 2. The molecule has 54 heavy (non-hydrogen) atoms. The maximum atomic E-state index is 13.5. The lowest BCUT2D eigenvalue weighted by atomic mass is 9.84. The summed E-state index contributed by atoms with van der Waals surface area (Å²) in [7, 11) is 0. The molecule has 0 spiro atoms. The average molecular weight is 800 g/mol. The van der Waals surface area contributed by atoms with Crippen molar-refractivity contribution in [3.63, 3.8) is 0 Å². The molecule has 2 aromatic heterocycles. The Balaban J connectivity index is 0.000000167. The second-order valence-corrected chi connectivity index (χ2v) is 14.6. The minimum absolute atomic E-state index is 0.000828. The van der Waals surface area contributed by atoms with Crippen LogP contribution in [0.4, 0.5) is 34.1 Å². The van der Waals surface area contributed by atoms with Gasteiger partial charge in [0.25, 0.3) is 0 Å². The van der Waals surface area contributed by atoms with Gasteiger partial charge in [-0.1, -0.05) is 60.1 Å². The summed E-state index contributed by atoms with van der Waals surface area (Å²) in [5, 5.41) is 14.4. The zero-order valence-electron chi connectivity index (χ0n) is 29.0. The minimum atomic E-state index is -0.552. The molecule has 16 heteroatoms. The van der Waals surface area contributed by atoms with Crippen LogP contribution in [0.15, 0.2) is 67.0 Å². The van der Waals surface area contributed by atoms with Crippen molar-refractivity contribution in [2.24, 2.45) is 0 Å². The third-order valence-electron chi connectivity index (χ3n) is 9.97. The van der Waals surface area contributed by atoms with Crippen LogP contribution < -0.4 is 10.6 Å². The van der Waals surface area contributed by atoms with Gasteiger partial charge in [0.1, 0.15) is 17.5 Å². The van der Waals surface area contributed by atoms with Crippen molar-refractivity contribution >= 4 is 58.2 Å². The molecule has 4 amide bonds. The fourth-order valence-electron chi connectivity index (χ4n) is 7.07. The average Bonchev–Trinajstić information content (AvgIpc) is 3.80. The molecule has 282 valence electrons. The summed E-state index contributed by atoms with van der Waals surface area (Å²) in [6.45, 7) is 3.12. The van der Waals surface area contributed by atoms with Gasteiger partial charge < -0.3 is 20.4 Å². The molecule has 0 bridgehead atoms. The van der Waals surface area contributed by atoms with Crippen molar-refractivity contribution < 1.29 is 22.8 Å². The standard InChI is InChI=1S/C19H14Cl2F2N4O.C19H22ClFN4O/c20-14-7-11(1-3-16(14)22)13-9-24-27-6-5-26(10-18(13)27)19(28)25-12-2-4-17(23)15(21)8-12;20-16-10-14(6-7-17(16)21)23-19(26)24-8-9-25-18(12-24)15(11-22-25)13-4-2-1-3-5-13/h1-4,7-9H,5-6,10H2,(H,25,28);6-7,10-11,13H,1-5,8-9,12H2,(H,23,26). The van der Waals surface area contributed by atoms with E-state index < -0.39 is 17.5 Å². The van der Waals surface area contributed by atoms with Crippen molar-refractivity contribution in [2.75, 3.05) is 23.7 Å². The Morgan fingerprint density at radius 1 is 0.630 bits per heavy atom. The van der Waals surface area contributed by atoms with E-state index in [1.165, 1.54) is 86.2 Å². The van der Waals surface area contributed by atoms with E-state index in [9.17, 15) is 22.8 Å². The zero-order chi connectivity index (χ0) is 37.9. The summed E-state index contributed by atoms with van der Waals surface area (Å²) in [4.78, 5) is 28.6. The first-order valence-electron chi connectivity index (χ1n) is 17.6. The molecule has 8 rings (SSSR count). The number of nitrogens with zero attached hydrogens (tertiary/aromatic N) is 6. The SMILES string of the molecule is O=C(Nc1ccc(F)c(Cl)c1)N1CCn2ncc(-c3ccc(F)c(Cl)c3)c2C1.O=C(Nc1ccc(F)c(Cl)c1)N1CCn2ncc(C3CCCCC3)c2C1. The highest BCUT2D eigenvalue weighted by molar-refractivity contribution is 6.31. The van der Waals surface area contributed by atoms with Gasteiger partial charge >= 0.3 is 12.1 Å². The maximum absolute atomic E-state index is 13.5. The molecule has 1 saturated carbocycles. The summed E-state index contributed by atoms with van der Waals surface area (Å²) >= 11 is 17.4. The Kier molecular flexibility index (Phi) is 11.4. The Morgan fingerprint density at radius 2 is 1.13 bits per heavy atom. The first-order valence-corrected chi connectivity index (χ1v) is 18.7. The number of amides is 4. The van der Waals surface area contributed by atoms with Crippen molar-refractivity contribution in [3.8, 4) is 11.1 Å². The summed E-state index contributed by atoms with van der Waals surface area (Å²) < 4.78 is 43.9. The number of carbonyl (C=O) groups excluding carboxylic acids is 2. The quantitative estimate of drug-likeness (QED) is 0.189. The number of carbonyl (C=O) groups is 2. The van der Waals surface area contributed by atoms with Crippen LogP contribution in [-0.4, -0.2) is 54.5 Å². The van der Waals surface area contributed by atoms with E-state index in [1.807, 2.05) is 15.6 Å². The van der Waals surface area contributed by atoms with Crippen LogP contribution >= 0.6 is 34.8 Å². The molecule has 0 radical (unpaired) electrons. The molecular weight excluding hydrogens is 764 g/mol. The number of urea groups is 2. The van der Waals surface area contributed by atoms with Gasteiger partial charge in [-0.2, -0.15) is 10.2 Å². The normalized spacial score (nSPS) is 15.5. The number of aromatic nitrogens is 4. The van der Waals surface area contributed by atoms with Gasteiger partial charge in [0, 0.05) is 30.0 Å². The van der Waals surface area contributed by atoms with E-state index in [-0.39, 0.29) is 27.1 Å². The van der Waals surface area contributed by atoms with Gasteiger partial charge in [0.15, 0.2) is 0 Å². The topological polar surface area (TPSA) is 100 Å². The number of benzene rings is 3. The van der Waals surface area contributed by atoms with E-state index >= 15 is 0 Å². The highest BCUT2D eigenvalue weighted by Crippen LogP contribution is 2.36. The number of fused-ring (bicyclic) bond motifs is 2. The van der Waals surface area contributed by atoms with E-state index in [2.05, 4.69) is 20.8 Å². The summed E-state index contributed by atoms with van der Waals surface area (Å²) in [5.74, 6) is -0.982. The van der Waals surface area contributed by atoms with Crippen molar-refractivity contribution in [3.05, 3.63) is 116 Å². The van der Waals surface area contributed by atoms with Gasteiger partial charge in [0.2, 0.25) is 0 Å². The van der Waals surface area contributed by atoms with Crippen LogP contribution in [0.3, 0.4) is 0 Å². The van der Waals surface area contributed by atoms with E-state index in [0.717, 1.165) is 22.5 Å². The molecule has 3 aliphatic rings. The summed E-state index contributed by atoms with van der Waals surface area (Å²) in [5.41, 5.74) is 5.67. The lowest BCUT2D eigenvalue weighted by Crippen LogP contribution is -2.41. The summed E-state index contributed by atoms with van der Waals surface area (Å²) in [6.07, 6.45) is 9.94. The van der Waals surface area contributed by atoms with Gasteiger partial charge in [0.05, 0.1) is 65.0 Å². The van der Waals surface area contributed by atoms with Crippen molar-refractivity contribution in [1.82, 2.24) is 29.4 Å². The number of halogens is 6. The van der Waals surface area contributed by atoms with Crippen molar-refractivity contribution in [2.45, 2.75) is 64.2 Å². The largest absolute Gasteiger partial charge is 0.322 e. The highest BCUT2D eigenvalue weighted by Gasteiger charge is 2.28. The number of nitrogens with one attached hydrogen (secondary N) is 2. The molecule has 4 heterocycles. The molecule has 3 aromatic carbocycles. The van der Waals surface area contributed by atoms with E-state index in [4.69, 9.17) is 34.8 Å². The van der Waals surface area contributed by atoms with Crippen LogP contribution in [0, 0.1) is 17.5 Å². The maximum Gasteiger partial charge on any atom is 0.322 e. The molecule has 0 unspecified atom stereocenters. The molecule has 1 aliphatic carbocycles. The van der Waals surface area contributed by atoms with Gasteiger partial charge in [-0.3, -0.25) is 9.36 Å². The number of anilines is 2. The molecule has 2 N–H and O–H groups in total. The Morgan fingerprint density at radius 3 is 1.69 bits per heavy atom. The van der Waals surface area contributed by atoms with Crippen LogP contribution in [-0.2, 0) is 26.2 Å². The lowest BCUT2D eigenvalue weighted by Gasteiger charge is -2.30. The van der Waals surface area contributed by atoms with Gasteiger partial charge in [-0.15, -0.1) is 0 Å². The fourth-order valence-corrected chi connectivity index (χ4v) is 7.61. The third kappa shape index (κ3) is 8.33. The van der Waals surface area contributed by atoms with Crippen LogP contribution in [0.5, 0.6) is 0 Å². The Labute approximate surface area is 324 Å². The lowest BCUT2D eigenvalue weighted by molar-refractivity contribution is 0.193.